The van der Waals surface area contributed by atoms with E-state index in [1.54, 1.807) is 0 Å². The molecule has 1 saturated carbocycles. The van der Waals surface area contributed by atoms with E-state index >= 15 is 0 Å². The van der Waals surface area contributed by atoms with Crippen molar-refractivity contribution in [2.24, 2.45) is 5.73 Å². The second kappa shape index (κ2) is 6.27. The fourth-order valence-electron chi connectivity index (χ4n) is 3.37. The Balaban J connectivity index is 1.92. The number of fused-ring (bicyclic) bond motifs is 1. The highest BCUT2D eigenvalue weighted by Gasteiger charge is 2.26. The molecule has 110 valence electrons. The molecule has 0 atom stereocenters. The van der Waals surface area contributed by atoms with Crippen molar-refractivity contribution in [1.82, 2.24) is 4.90 Å². The first-order valence-corrected chi connectivity index (χ1v) is 7.76. The number of benzene rings is 2. The molecular weight excluding hydrogens is 260 g/mol. The molecule has 2 aromatic rings. The Morgan fingerprint density at radius 3 is 2.57 bits per heavy atom. The van der Waals surface area contributed by atoms with Gasteiger partial charge >= 0.3 is 0 Å². The van der Waals surface area contributed by atoms with E-state index in [1.807, 2.05) is 11.0 Å². The maximum absolute atomic E-state index is 12.2. The Morgan fingerprint density at radius 1 is 1.10 bits per heavy atom. The third kappa shape index (κ3) is 2.93. The SMILES string of the molecule is NCC(=O)N(Cc1cccc2ccccc12)C1CCCC1. The third-order valence-corrected chi connectivity index (χ3v) is 4.48. The zero-order chi connectivity index (χ0) is 14.7. The number of carbonyl (C=O) groups excluding carboxylic acids is 1. The summed E-state index contributed by atoms with van der Waals surface area (Å²) in [6, 6.07) is 15.0. The van der Waals surface area contributed by atoms with E-state index in [4.69, 9.17) is 5.73 Å². The summed E-state index contributed by atoms with van der Waals surface area (Å²) < 4.78 is 0. The summed E-state index contributed by atoms with van der Waals surface area (Å²) in [6.45, 7) is 0.767. The van der Waals surface area contributed by atoms with E-state index < -0.39 is 0 Å². The molecule has 1 fully saturated rings. The van der Waals surface area contributed by atoms with Crippen LogP contribution in [-0.4, -0.2) is 23.4 Å². The zero-order valence-electron chi connectivity index (χ0n) is 12.3. The van der Waals surface area contributed by atoms with Crippen LogP contribution in [0.1, 0.15) is 31.2 Å². The molecule has 0 unspecified atom stereocenters. The summed E-state index contributed by atoms with van der Waals surface area (Å²) in [5, 5.41) is 2.45. The van der Waals surface area contributed by atoms with Crippen LogP contribution in [0.15, 0.2) is 42.5 Å². The van der Waals surface area contributed by atoms with Gasteiger partial charge in [-0.2, -0.15) is 0 Å². The molecule has 0 aromatic heterocycles. The van der Waals surface area contributed by atoms with Gasteiger partial charge in [-0.15, -0.1) is 0 Å². The molecule has 0 spiro atoms. The summed E-state index contributed by atoms with van der Waals surface area (Å²) in [5.41, 5.74) is 6.83. The van der Waals surface area contributed by atoms with Gasteiger partial charge in [0.15, 0.2) is 0 Å². The molecule has 2 N–H and O–H groups in total. The highest BCUT2D eigenvalue weighted by molar-refractivity contribution is 5.86. The highest BCUT2D eigenvalue weighted by Crippen LogP contribution is 2.27. The van der Waals surface area contributed by atoms with Crippen LogP contribution in [0, 0.1) is 0 Å². The van der Waals surface area contributed by atoms with Crippen molar-refractivity contribution in [3.8, 4) is 0 Å². The molecule has 21 heavy (non-hydrogen) atoms. The van der Waals surface area contributed by atoms with E-state index in [1.165, 1.54) is 29.2 Å². The van der Waals surface area contributed by atoms with Gasteiger partial charge in [0.05, 0.1) is 6.54 Å². The second-order valence-corrected chi connectivity index (χ2v) is 5.80. The van der Waals surface area contributed by atoms with Gasteiger partial charge in [-0.05, 0) is 29.2 Å². The number of rotatable bonds is 4. The van der Waals surface area contributed by atoms with Crippen molar-refractivity contribution < 1.29 is 4.79 Å². The summed E-state index contributed by atoms with van der Waals surface area (Å²) >= 11 is 0. The van der Waals surface area contributed by atoms with Gasteiger partial charge in [-0.1, -0.05) is 55.3 Å². The van der Waals surface area contributed by atoms with Crippen molar-refractivity contribution >= 4 is 16.7 Å². The fourth-order valence-corrected chi connectivity index (χ4v) is 3.37. The van der Waals surface area contributed by atoms with Crippen LogP contribution in [0.25, 0.3) is 10.8 Å². The van der Waals surface area contributed by atoms with Crippen LogP contribution < -0.4 is 5.73 Å². The average molecular weight is 282 g/mol. The van der Waals surface area contributed by atoms with Crippen LogP contribution in [0.5, 0.6) is 0 Å². The van der Waals surface area contributed by atoms with Gasteiger partial charge in [0, 0.05) is 12.6 Å². The minimum Gasteiger partial charge on any atom is -0.334 e. The van der Waals surface area contributed by atoms with Crippen molar-refractivity contribution in [3.63, 3.8) is 0 Å². The summed E-state index contributed by atoms with van der Waals surface area (Å²) in [6.07, 6.45) is 4.65. The van der Waals surface area contributed by atoms with Crippen LogP contribution >= 0.6 is 0 Å². The van der Waals surface area contributed by atoms with Gasteiger partial charge < -0.3 is 10.6 Å². The van der Waals surface area contributed by atoms with E-state index in [9.17, 15) is 4.79 Å². The summed E-state index contributed by atoms with van der Waals surface area (Å²) in [4.78, 5) is 14.2. The standard InChI is InChI=1S/C18H22N2O/c19-12-18(21)20(16-9-2-3-10-16)13-15-8-5-7-14-6-1-4-11-17(14)15/h1,4-8,11,16H,2-3,9-10,12-13,19H2. The van der Waals surface area contributed by atoms with Gasteiger partial charge in [-0.25, -0.2) is 0 Å². The summed E-state index contributed by atoms with van der Waals surface area (Å²) in [5.74, 6) is 0.0647. The average Bonchev–Trinajstić information content (AvgIpc) is 3.06. The normalized spacial score (nSPS) is 15.5. The second-order valence-electron chi connectivity index (χ2n) is 5.80. The molecule has 1 aliphatic rings. The molecule has 0 bridgehead atoms. The predicted molar refractivity (Wildman–Crippen MR) is 85.8 cm³/mol. The molecule has 2 aromatic carbocycles. The number of carbonyl (C=O) groups is 1. The Kier molecular flexibility index (Phi) is 4.20. The molecular formula is C18H22N2O. The maximum atomic E-state index is 12.2. The largest absolute Gasteiger partial charge is 0.334 e. The topological polar surface area (TPSA) is 46.3 Å². The molecule has 3 rings (SSSR count). The van der Waals surface area contributed by atoms with Crippen molar-refractivity contribution in [3.05, 3.63) is 48.0 Å². The van der Waals surface area contributed by atoms with Gasteiger partial charge in [0.2, 0.25) is 5.91 Å². The van der Waals surface area contributed by atoms with Crippen LogP contribution in [0.2, 0.25) is 0 Å². The number of nitrogens with two attached hydrogens (primary N) is 1. The number of nitrogens with zero attached hydrogens (tertiary/aromatic N) is 1. The van der Waals surface area contributed by atoms with Gasteiger partial charge in [0.1, 0.15) is 0 Å². The molecule has 0 aliphatic heterocycles. The number of hydrogen-bond acceptors (Lipinski definition) is 2. The molecule has 3 nitrogen and oxygen atoms in total. The van der Waals surface area contributed by atoms with Gasteiger partial charge in [0.25, 0.3) is 0 Å². The Morgan fingerprint density at radius 2 is 1.81 bits per heavy atom. The molecule has 0 heterocycles. The van der Waals surface area contributed by atoms with Crippen molar-refractivity contribution in [2.45, 2.75) is 38.3 Å². The van der Waals surface area contributed by atoms with E-state index in [0.717, 1.165) is 12.8 Å². The van der Waals surface area contributed by atoms with Crippen LogP contribution in [0.3, 0.4) is 0 Å². The number of amides is 1. The zero-order valence-corrected chi connectivity index (χ0v) is 12.3. The summed E-state index contributed by atoms with van der Waals surface area (Å²) in [7, 11) is 0. The molecule has 0 saturated heterocycles. The molecule has 1 aliphatic carbocycles. The minimum absolute atomic E-state index is 0.0647. The monoisotopic (exact) mass is 282 g/mol. The lowest BCUT2D eigenvalue weighted by Crippen LogP contribution is -2.41. The van der Waals surface area contributed by atoms with Crippen molar-refractivity contribution in [1.29, 1.82) is 0 Å². The van der Waals surface area contributed by atoms with E-state index in [-0.39, 0.29) is 12.5 Å². The van der Waals surface area contributed by atoms with Gasteiger partial charge in [-0.3, -0.25) is 4.79 Å². The number of hydrogen-bond donors (Lipinski definition) is 1. The van der Waals surface area contributed by atoms with Crippen LogP contribution in [-0.2, 0) is 11.3 Å². The fraction of sp³-hybridized carbons (Fsp3) is 0.389. The third-order valence-electron chi connectivity index (χ3n) is 4.48. The lowest BCUT2D eigenvalue weighted by atomic mass is 10.0. The van der Waals surface area contributed by atoms with E-state index in [2.05, 4.69) is 36.4 Å². The van der Waals surface area contributed by atoms with E-state index in [0.29, 0.717) is 12.6 Å². The Labute approximate surface area is 125 Å². The molecule has 1 amide bonds. The first kappa shape index (κ1) is 14.1. The first-order chi connectivity index (χ1) is 10.3. The first-order valence-electron chi connectivity index (χ1n) is 7.76. The Bertz CT molecular complexity index is 627. The molecule has 3 heteroatoms. The van der Waals surface area contributed by atoms with Crippen LogP contribution in [0.4, 0.5) is 0 Å². The van der Waals surface area contributed by atoms with Crippen molar-refractivity contribution in [2.75, 3.05) is 6.54 Å². The molecule has 0 radical (unpaired) electrons. The minimum atomic E-state index is 0.0647. The predicted octanol–water partition coefficient (Wildman–Crippen LogP) is 3.07. The lowest BCUT2D eigenvalue weighted by molar-refractivity contribution is -0.132. The Hall–Kier alpha value is -1.87. The highest BCUT2D eigenvalue weighted by atomic mass is 16.2. The smallest absolute Gasteiger partial charge is 0.236 e. The quantitative estimate of drug-likeness (QED) is 0.936. The maximum Gasteiger partial charge on any atom is 0.236 e. The lowest BCUT2D eigenvalue weighted by Gasteiger charge is -2.29.